The number of fused-ring (bicyclic) bond motifs is 1. The lowest BCUT2D eigenvalue weighted by molar-refractivity contribution is -0.116. The maximum Gasteiger partial charge on any atom is 0.226 e. The minimum Gasteiger partial charge on any atom is -0.311 e. The average molecular weight is 237 g/mol. The van der Waals surface area contributed by atoms with Crippen LogP contribution in [0.1, 0.15) is 29.8 Å². The third-order valence-electron chi connectivity index (χ3n) is 3.02. The van der Waals surface area contributed by atoms with Crippen LogP contribution in [0.2, 0.25) is 0 Å². The zero-order valence-corrected chi connectivity index (χ0v) is 9.90. The Labute approximate surface area is 98.5 Å². The van der Waals surface area contributed by atoms with E-state index in [1.54, 1.807) is 11.3 Å². The third kappa shape index (κ3) is 2.25. The van der Waals surface area contributed by atoms with Crippen LogP contribution in [-0.4, -0.2) is 17.4 Å². The van der Waals surface area contributed by atoms with Gasteiger partial charge in [0.25, 0.3) is 0 Å². The number of carbonyl (C=O) groups excluding carboxylic acids is 1. The molecular weight excluding hydrogens is 222 g/mol. The largest absolute Gasteiger partial charge is 0.311 e. The first-order chi connectivity index (χ1) is 7.81. The zero-order valence-electron chi connectivity index (χ0n) is 9.08. The van der Waals surface area contributed by atoms with Crippen molar-refractivity contribution in [1.29, 1.82) is 0 Å². The van der Waals surface area contributed by atoms with Crippen molar-refractivity contribution >= 4 is 22.4 Å². The summed E-state index contributed by atoms with van der Waals surface area (Å²) in [5.41, 5.74) is 1.16. The van der Waals surface area contributed by atoms with E-state index in [2.05, 4.69) is 15.6 Å². The summed E-state index contributed by atoms with van der Waals surface area (Å²) in [5.74, 6) is 0.762. The summed E-state index contributed by atoms with van der Waals surface area (Å²) in [4.78, 5) is 17.4. The molecular formula is C11H15N3OS. The van der Waals surface area contributed by atoms with Gasteiger partial charge in [-0.15, -0.1) is 11.3 Å². The van der Waals surface area contributed by atoms with Crippen LogP contribution in [0, 0.1) is 5.92 Å². The molecule has 4 nitrogen and oxygen atoms in total. The number of nitrogens with one attached hydrogen (secondary N) is 2. The molecule has 0 radical (unpaired) electrons. The monoisotopic (exact) mass is 237 g/mol. The van der Waals surface area contributed by atoms with Gasteiger partial charge in [0.1, 0.15) is 0 Å². The maximum atomic E-state index is 11.6. The molecule has 1 saturated carbocycles. The Kier molecular flexibility index (Phi) is 2.65. The molecule has 1 fully saturated rings. The van der Waals surface area contributed by atoms with Crippen molar-refractivity contribution in [2.75, 3.05) is 11.9 Å². The molecule has 0 aromatic carbocycles. The first-order valence-corrected chi connectivity index (χ1v) is 6.62. The molecule has 5 heteroatoms. The highest BCUT2D eigenvalue weighted by Crippen LogP contribution is 2.33. The van der Waals surface area contributed by atoms with Crippen molar-refractivity contribution < 1.29 is 4.79 Å². The third-order valence-corrected chi connectivity index (χ3v) is 4.03. The minimum atomic E-state index is 0.126. The van der Waals surface area contributed by atoms with Gasteiger partial charge in [0.15, 0.2) is 5.13 Å². The van der Waals surface area contributed by atoms with Crippen LogP contribution >= 0.6 is 11.3 Å². The summed E-state index contributed by atoms with van der Waals surface area (Å²) >= 11 is 1.61. The van der Waals surface area contributed by atoms with Crippen LogP contribution in [0.4, 0.5) is 5.13 Å². The summed E-state index contributed by atoms with van der Waals surface area (Å²) in [6, 6.07) is 0. The molecule has 0 bridgehead atoms. The number of hydrogen-bond donors (Lipinski definition) is 2. The molecule has 0 atom stereocenters. The molecule has 1 aliphatic carbocycles. The van der Waals surface area contributed by atoms with E-state index in [0.29, 0.717) is 12.3 Å². The second kappa shape index (κ2) is 4.14. The van der Waals surface area contributed by atoms with Crippen LogP contribution in [0.25, 0.3) is 0 Å². The number of amides is 1. The van der Waals surface area contributed by atoms with Gasteiger partial charge in [-0.05, 0) is 18.8 Å². The highest BCUT2D eigenvalue weighted by molar-refractivity contribution is 7.15. The van der Waals surface area contributed by atoms with E-state index in [1.165, 1.54) is 17.7 Å². The van der Waals surface area contributed by atoms with Crippen LogP contribution < -0.4 is 10.6 Å². The molecule has 2 heterocycles. The Morgan fingerprint density at radius 2 is 2.44 bits per heavy atom. The Balaban J connectivity index is 1.64. The van der Waals surface area contributed by atoms with Gasteiger partial charge in [0.2, 0.25) is 5.91 Å². The summed E-state index contributed by atoms with van der Waals surface area (Å²) < 4.78 is 0. The lowest BCUT2D eigenvalue weighted by atomic mass is 10.2. The van der Waals surface area contributed by atoms with Crippen molar-refractivity contribution in [3.63, 3.8) is 0 Å². The second-order valence-electron chi connectivity index (χ2n) is 4.51. The number of nitrogens with zero attached hydrogens (tertiary/aromatic N) is 1. The molecule has 16 heavy (non-hydrogen) atoms. The number of thiazole rings is 1. The number of aromatic nitrogens is 1. The Bertz CT molecular complexity index is 388. The zero-order chi connectivity index (χ0) is 11.0. The fourth-order valence-electron chi connectivity index (χ4n) is 1.93. The first kappa shape index (κ1) is 10.2. The van der Waals surface area contributed by atoms with Crippen LogP contribution in [0.3, 0.4) is 0 Å². The minimum absolute atomic E-state index is 0.126. The van der Waals surface area contributed by atoms with Gasteiger partial charge in [-0.2, -0.15) is 0 Å². The maximum absolute atomic E-state index is 11.6. The lowest BCUT2D eigenvalue weighted by Gasteiger charge is -2.09. The smallest absolute Gasteiger partial charge is 0.226 e. The van der Waals surface area contributed by atoms with Gasteiger partial charge < -0.3 is 10.6 Å². The van der Waals surface area contributed by atoms with Crippen molar-refractivity contribution in [3.05, 3.63) is 10.6 Å². The quantitative estimate of drug-likeness (QED) is 0.838. The molecule has 1 amide bonds. The summed E-state index contributed by atoms with van der Waals surface area (Å²) in [7, 11) is 0. The molecule has 1 aromatic heterocycles. The highest BCUT2D eigenvalue weighted by atomic mass is 32.1. The standard InChI is InChI=1S/C11H15N3OS/c15-10(5-7-1-2-7)14-11-13-8-3-4-12-6-9(8)16-11/h7,12H,1-6H2,(H,13,14,15). The van der Waals surface area contributed by atoms with Crippen LogP contribution in [0.5, 0.6) is 0 Å². The number of rotatable bonds is 3. The molecule has 86 valence electrons. The normalized spacial score (nSPS) is 19.2. The number of hydrogen-bond acceptors (Lipinski definition) is 4. The van der Waals surface area contributed by atoms with Crippen LogP contribution in [0.15, 0.2) is 0 Å². The molecule has 2 aliphatic rings. The second-order valence-corrected chi connectivity index (χ2v) is 5.59. The van der Waals surface area contributed by atoms with E-state index in [-0.39, 0.29) is 5.91 Å². The molecule has 0 saturated heterocycles. The number of carbonyl (C=O) groups is 1. The fourth-order valence-corrected chi connectivity index (χ4v) is 2.93. The predicted octanol–water partition coefficient (Wildman–Crippen LogP) is 1.53. The van der Waals surface area contributed by atoms with Crippen LogP contribution in [-0.2, 0) is 17.8 Å². The molecule has 1 aliphatic heterocycles. The van der Waals surface area contributed by atoms with E-state index < -0.39 is 0 Å². The molecule has 2 N–H and O–H groups in total. The van der Waals surface area contributed by atoms with E-state index >= 15 is 0 Å². The van der Waals surface area contributed by atoms with E-state index in [4.69, 9.17) is 0 Å². The van der Waals surface area contributed by atoms with Gasteiger partial charge in [-0.25, -0.2) is 4.98 Å². The Morgan fingerprint density at radius 3 is 3.19 bits per heavy atom. The highest BCUT2D eigenvalue weighted by Gasteiger charge is 2.25. The van der Waals surface area contributed by atoms with Gasteiger partial charge >= 0.3 is 0 Å². The summed E-state index contributed by atoms with van der Waals surface area (Å²) in [6.07, 6.45) is 4.07. The lowest BCUT2D eigenvalue weighted by Crippen LogP contribution is -2.22. The van der Waals surface area contributed by atoms with Crippen molar-refractivity contribution in [2.24, 2.45) is 5.92 Å². The summed E-state index contributed by atoms with van der Waals surface area (Å²) in [5, 5.41) is 7.00. The average Bonchev–Trinajstić information content (AvgIpc) is 2.97. The van der Waals surface area contributed by atoms with Crippen molar-refractivity contribution in [1.82, 2.24) is 10.3 Å². The van der Waals surface area contributed by atoms with Gasteiger partial charge in [0, 0.05) is 30.8 Å². The Hall–Kier alpha value is -0.940. The first-order valence-electron chi connectivity index (χ1n) is 5.80. The van der Waals surface area contributed by atoms with E-state index in [0.717, 1.165) is 30.3 Å². The SMILES string of the molecule is O=C(CC1CC1)Nc1nc2c(s1)CNCC2. The van der Waals surface area contributed by atoms with Crippen molar-refractivity contribution in [2.45, 2.75) is 32.2 Å². The van der Waals surface area contributed by atoms with Crippen molar-refractivity contribution in [3.8, 4) is 0 Å². The van der Waals surface area contributed by atoms with E-state index in [1.807, 2.05) is 0 Å². The predicted molar refractivity (Wildman–Crippen MR) is 63.5 cm³/mol. The van der Waals surface area contributed by atoms with Gasteiger partial charge in [-0.1, -0.05) is 0 Å². The molecule has 0 unspecified atom stereocenters. The summed E-state index contributed by atoms with van der Waals surface area (Å²) in [6.45, 7) is 1.89. The Morgan fingerprint density at radius 1 is 1.56 bits per heavy atom. The fraction of sp³-hybridized carbons (Fsp3) is 0.636. The molecule has 1 aromatic rings. The van der Waals surface area contributed by atoms with Gasteiger partial charge in [0.05, 0.1) is 5.69 Å². The van der Waals surface area contributed by atoms with E-state index in [9.17, 15) is 4.79 Å². The molecule has 0 spiro atoms. The topological polar surface area (TPSA) is 54.0 Å². The molecule has 3 rings (SSSR count). The number of anilines is 1. The van der Waals surface area contributed by atoms with Gasteiger partial charge in [-0.3, -0.25) is 4.79 Å².